The highest BCUT2D eigenvalue weighted by molar-refractivity contribution is 6.31. The van der Waals surface area contributed by atoms with Gasteiger partial charge in [0.1, 0.15) is 11.4 Å². The molecule has 3 aromatic rings. The van der Waals surface area contributed by atoms with Gasteiger partial charge in [0, 0.05) is 29.5 Å². The summed E-state index contributed by atoms with van der Waals surface area (Å²) in [6.45, 7) is 4.03. The van der Waals surface area contributed by atoms with E-state index in [1.807, 2.05) is 50.3 Å². The summed E-state index contributed by atoms with van der Waals surface area (Å²) in [6, 6.07) is 9.09. The third-order valence-electron chi connectivity index (χ3n) is 7.01. The zero-order valence-corrected chi connectivity index (χ0v) is 21.8. The molecule has 0 fully saturated rings. The van der Waals surface area contributed by atoms with Crippen LogP contribution < -0.4 is 15.0 Å². The monoisotopic (exact) mass is 535 g/mol. The standard InChI is InChI=1S/C27H23Cl2N5O3/c1-14(2)24-22-23(32-34(24)20-6-4-5-7-21(20)37-3)25(35)33(17-10-16(29)12-30-13-17)27(22)18-9-8-15(28)11-19(18)31-26(27)36/h4-10,12-15H,11H2,1-3H3,(H,31,36). The first-order chi connectivity index (χ1) is 17.8. The average Bonchev–Trinajstić information content (AvgIpc) is 3.48. The van der Waals surface area contributed by atoms with Crippen molar-refractivity contribution in [1.82, 2.24) is 20.1 Å². The minimum Gasteiger partial charge on any atom is -0.494 e. The van der Waals surface area contributed by atoms with Crippen molar-refractivity contribution >= 4 is 40.7 Å². The van der Waals surface area contributed by atoms with Crippen molar-refractivity contribution in [2.45, 2.75) is 37.1 Å². The molecule has 2 aromatic heterocycles. The zero-order chi connectivity index (χ0) is 26.1. The highest BCUT2D eigenvalue weighted by atomic mass is 35.5. The number of halogens is 2. The van der Waals surface area contributed by atoms with E-state index in [9.17, 15) is 9.59 Å². The van der Waals surface area contributed by atoms with Crippen molar-refractivity contribution < 1.29 is 14.3 Å². The molecule has 37 heavy (non-hydrogen) atoms. The number of methoxy groups -OCH3 is 1. The Labute approximate surface area is 223 Å². The van der Waals surface area contributed by atoms with Crippen LogP contribution in [0.15, 0.2) is 66.1 Å². The summed E-state index contributed by atoms with van der Waals surface area (Å²) in [7, 11) is 1.59. The predicted molar refractivity (Wildman–Crippen MR) is 141 cm³/mol. The van der Waals surface area contributed by atoms with Gasteiger partial charge in [0.15, 0.2) is 11.2 Å². The van der Waals surface area contributed by atoms with Gasteiger partial charge in [-0.15, -0.1) is 11.6 Å². The lowest BCUT2D eigenvalue weighted by atomic mass is 9.79. The molecule has 8 nitrogen and oxygen atoms in total. The fraction of sp³-hybridized carbons (Fsp3) is 0.259. The number of nitrogens with one attached hydrogen (secondary N) is 1. The van der Waals surface area contributed by atoms with Crippen LogP contribution >= 0.6 is 23.2 Å². The highest BCUT2D eigenvalue weighted by Crippen LogP contribution is 2.54. The van der Waals surface area contributed by atoms with Crippen LogP contribution in [-0.2, 0) is 10.3 Å². The lowest BCUT2D eigenvalue weighted by Crippen LogP contribution is -2.52. The Morgan fingerprint density at radius 2 is 2.00 bits per heavy atom. The van der Waals surface area contributed by atoms with E-state index >= 15 is 0 Å². The van der Waals surface area contributed by atoms with Crippen LogP contribution in [-0.4, -0.2) is 39.1 Å². The van der Waals surface area contributed by atoms with Crippen LogP contribution in [0.4, 0.5) is 5.69 Å². The topological polar surface area (TPSA) is 89.3 Å². The van der Waals surface area contributed by atoms with E-state index in [4.69, 9.17) is 33.0 Å². The molecule has 0 radical (unpaired) electrons. The minimum atomic E-state index is -1.50. The van der Waals surface area contributed by atoms with Gasteiger partial charge in [0.25, 0.3) is 11.8 Å². The van der Waals surface area contributed by atoms with Gasteiger partial charge in [-0.05, 0) is 24.1 Å². The van der Waals surface area contributed by atoms with E-state index in [0.717, 1.165) is 5.69 Å². The van der Waals surface area contributed by atoms with Gasteiger partial charge in [-0.1, -0.05) is 49.7 Å². The Hall–Kier alpha value is -3.62. The van der Waals surface area contributed by atoms with E-state index in [2.05, 4.69) is 10.3 Å². The Morgan fingerprint density at radius 3 is 2.73 bits per heavy atom. The van der Waals surface area contributed by atoms with Crippen LogP contribution in [0.5, 0.6) is 5.75 Å². The second-order valence-corrected chi connectivity index (χ2v) is 10.5. The fourth-order valence-electron chi connectivity index (χ4n) is 5.61. The smallest absolute Gasteiger partial charge is 0.280 e. The fourth-order valence-corrected chi connectivity index (χ4v) is 6.01. The number of nitrogens with zero attached hydrogens (tertiary/aromatic N) is 4. The second kappa shape index (κ2) is 8.46. The van der Waals surface area contributed by atoms with Crippen LogP contribution in [0.3, 0.4) is 0 Å². The number of carbonyl (C=O) groups excluding carboxylic acids is 2. The Kier molecular flexibility index (Phi) is 5.43. The van der Waals surface area contributed by atoms with Crippen molar-refractivity contribution in [3.8, 4) is 11.4 Å². The van der Waals surface area contributed by atoms with Crippen molar-refractivity contribution in [3.05, 3.63) is 88.1 Å². The number of fused-ring (bicyclic) bond motifs is 3. The molecule has 1 spiro atoms. The molecule has 6 rings (SSSR count). The summed E-state index contributed by atoms with van der Waals surface area (Å²) in [6.07, 6.45) is 7.13. The number of anilines is 1. The number of hydrogen-bond acceptors (Lipinski definition) is 5. The first-order valence-electron chi connectivity index (χ1n) is 11.9. The number of hydrogen-bond donors (Lipinski definition) is 1. The second-order valence-electron chi connectivity index (χ2n) is 9.49. The molecule has 0 saturated carbocycles. The zero-order valence-electron chi connectivity index (χ0n) is 20.3. The molecule has 2 unspecified atom stereocenters. The summed E-state index contributed by atoms with van der Waals surface area (Å²) < 4.78 is 7.33. The molecule has 1 aliphatic carbocycles. The quantitative estimate of drug-likeness (QED) is 0.482. The molecule has 2 amide bonds. The third kappa shape index (κ3) is 3.22. The summed E-state index contributed by atoms with van der Waals surface area (Å²) in [5.41, 5.74) is 2.40. The van der Waals surface area contributed by atoms with Crippen molar-refractivity contribution in [2.75, 3.05) is 12.0 Å². The third-order valence-corrected chi connectivity index (χ3v) is 7.52. The highest BCUT2D eigenvalue weighted by Gasteiger charge is 2.64. The molecule has 0 saturated heterocycles. The van der Waals surface area contributed by atoms with Crippen molar-refractivity contribution in [3.63, 3.8) is 0 Å². The largest absolute Gasteiger partial charge is 0.494 e. The van der Waals surface area contributed by atoms with E-state index in [1.54, 1.807) is 17.9 Å². The van der Waals surface area contributed by atoms with Crippen LogP contribution in [0.2, 0.25) is 5.02 Å². The number of pyridine rings is 1. The number of aromatic nitrogens is 3. The van der Waals surface area contributed by atoms with Gasteiger partial charge in [-0.25, -0.2) is 4.68 Å². The number of benzene rings is 1. The number of carbonyl (C=O) groups is 2. The maximum absolute atomic E-state index is 14.2. The Bertz CT molecular complexity index is 1540. The Morgan fingerprint density at radius 1 is 1.22 bits per heavy atom. The lowest BCUT2D eigenvalue weighted by molar-refractivity contribution is -0.123. The van der Waals surface area contributed by atoms with Gasteiger partial charge in [-0.2, -0.15) is 5.10 Å². The van der Waals surface area contributed by atoms with Crippen LogP contribution in [0, 0.1) is 0 Å². The Balaban J connectivity index is 1.71. The number of para-hydroxylation sites is 2. The van der Waals surface area contributed by atoms with Crippen molar-refractivity contribution in [1.29, 1.82) is 0 Å². The van der Waals surface area contributed by atoms with Gasteiger partial charge < -0.3 is 10.1 Å². The van der Waals surface area contributed by atoms with E-state index in [0.29, 0.717) is 45.4 Å². The molecule has 4 heterocycles. The normalized spacial score (nSPS) is 22.2. The minimum absolute atomic E-state index is 0.103. The van der Waals surface area contributed by atoms with Crippen LogP contribution in [0.25, 0.3) is 5.69 Å². The van der Waals surface area contributed by atoms with Gasteiger partial charge >= 0.3 is 0 Å². The van der Waals surface area contributed by atoms with Crippen molar-refractivity contribution in [2.24, 2.45) is 0 Å². The molecule has 3 aliphatic rings. The summed E-state index contributed by atoms with van der Waals surface area (Å²) in [5.74, 6) is -0.267. The predicted octanol–water partition coefficient (Wildman–Crippen LogP) is 4.86. The maximum Gasteiger partial charge on any atom is 0.280 e. The maximum atomic E-state index is 14.2. The number of amides is 2. The number of ether oxygens (including phenoxy) is 1. The molecule has 10 heteroatoms. The first kappa shape index (κ1) is 23.8. The van der Waals surface area contributed by atoms with Gasteiger partial charge in [-0.3, -0.25) is 19.5 Å². The molecule has 2 aliphatic heterocycles. The van der Waals surface area contributed by atoms with Gasteiger partial charge in [0.2, 0.25) is 0 Å². The molecule has 188 valence electrons. The summed E-state index contributed by atoms with van der Waals surface area (Å²) >= 11 is 12.7. The van der Waals surface area contributed by atoms with E-state index < -0.39 is 11.4 Å². The van der Waals surface area contributed by atoms with Gasteiger partial charge in [0.05, 0.1) is 35.1 Å². The molecule has 2 atom stereocenters. The number of allylic oxidation sites excluding steroid dienone is 2. The molecule has 0 bridgehead atoms. The number of rotatable bonds is 4. The lowest BCUT2D eigenvalue weighted by Gasteiger charge is -2.36. The SMILES string of the molecule is COc1ccccc1-n1nc2c(c1C(C)C)C1(C(=O)NC3=C1C=CC(Cl)C3)N(c1cncc(Cl)c1)C2=O. The van der Waals surface area contributed by atoms with E-state index in [-0.39, 0.29) is 22.9 Å². The molecular weight excluding hydrogens is 513 g/mol. The van der Waals surface area contributed by atoms with Crippen LogP contribution in [0.1, 0.15) is 47.9 Å². The number of alkyl halides is 1. The average molecular weight is 536 g/mol. The molecular formula is C27H23Cl2N5O3. The molecule has 1 aromatic carbocycles. The first-order valence-corrected chi connectivity index (χ1v) is 12.7. The summed E-state index contributed by atoms with van der Waals surface area (Å²) in [5, 5.41) is 7.92. The summed E-state index contributed by atoms with van der Waals surface area (Å²) in [4.78, 5) is 34.0. The molecule has 1 N–H and O–H groups in total. The van der Waals surface area contributed by atoms with E-state index in [1.165, 1.54) is 17.3 Å².